The van der Waals surface area contributed by atoms with Crippen LogP contribution >= 0.6 is 0 Å². The van der Waals surface area contributed by atoms with Crippen LogP contribution in [0.4, 0.5) is 0 Å². The van der Waals surface area contributed by atoms with Crippen LogP contribution < -0.4 is 5.32 Å². The highest BCUT2D eigenvalue weighted by Crippen LogP contribution is 2.54. The van der Waals surface area contributed by atoms with E-state index in [1.807, 2.05) is 0 Å². The molecule has 1 aliphatic rings. The Balaban J connectivity index is 2.10. The van der Waals surface area contributed by atoms with E-state index in [4.69, 9.17) is 4.74 Å². The lowest BCUT2D eigenvalue weighted by Crippen LogP contribution is -2.18. The van der Waals surface area contributed by atoms with Gasteiger partial charge in [0.2, 0.25) is 0 Å². The maximum atomic E-state index is 5.09. The molecule has 0 spiro atoms. The second-order valence-corrected chi connectivity index (χ2v) is 4.11. The number of rotatable bonds is 6. The van der Waals surface area contributed by atoms with E-state index in [0.717, 1.165) is 19.1 Å². The van der Waals surface area contributed by atoms with Gasteiger partial charge in [-0.25, -0.2) is 0 Å². The summed E-state index contributed by atoms with van der Waals surface area (Å²) < 4.78 is 5.09. The number of ether oxygens (including phenoxy) is 1. The summed E-state index contributed by atoms with van der Waals surface area (Å²) in [6.07, 6.45) is 2.60. The summed E-state index contributed by atoms with van der Waals surface area (Å²) in [5.41, 5.74) is 0.582. The number of methoxy groups -OCH3 is 1. The molecule has 0 bridgehead atoms. The average molecular weight is 171 g/mol. The molecule has 1 N–H and O–H groups in total. The van der Waals surface area contributed by atoms with E-state index in [2.05, 4.69) is 19.2 Å². The van der Waals surface area contributed by atoms with E-state index in [9.17, 15) is 0 Å². The van der Waals surface area contributed by atoms with Gasteiger partial charge in [0, 0.05) is 13.7 Å². The molecule has 2 unspecified atom stereocenters. The lowest BCUT2D eigenvalue weighted by Gasteiger charge is -2.10. The standard InChI is InChI=1S/C10H21NO/c1-4-11-8-9-7-10(9,2)5-6-12-3/h9,11H,4-8H2,1-3H3. The lowest BCUT2D eigenvalue weighted by molar-refractivity contribution is 0.172. The van der Waals surface area contributed by atoms with Crippen molar-refractivity contribution in [2.75, 3.05) is 26.8 Å². The molecule has 0 saturated heterocycles. The van der Waals surface area contributed by atoms with Gasteiger partial charge in [-0.2, -0.15) is 0 Å². The third-order valence-corrected chi connectivity index (χ3v) is 3.06. The van der Waals surface area contributed by atoms with Gasteiger partial charge >= 0.3 is 0 Å². The smallest absolute Gasteiger partial charge is 0.0467 e. The molecule has 0 heterocycles. The number of hydrogen-bond acceptors (Lipinski definition) is 2. The van der Waals surface area contributed by atoms with E-state index in [-0.39, 0.29) is 0 Å². The largest absolute Gasteiger partial charge is 0.385 e. The molecule has 0 aromatic rings. The predicted molar refractivity (Wildman–Crippen MR) is 51.3 cm³/mol. The van der Waals surface area contributed by atoms with Crippen LogP contribution in [0.15, 0.2) is 0 Å². The van der Waals surface area contributed by atoms with Crippen LogP contribution in [0.3, 0.4) is 0 Å². The van der Waals surface area contributed by atoms with Crippen LogP contribution in [-0.4, -0.2) is 26.8 Å². The van der Waals surface area contributed by atoms with E-state index in [1.54, 1.807) is 7.11 Å². The van der Waals surface area contributed by atoms with Crippen molar-refractivity contribution in [2.24, 2.45) is 11.3 Å². The summed E-state index contributed by atoms with van der Waals surface area (Å²) in [5.74, 6) is 0.896. The summed E-state index contributed by atoms with van der Waals surface area (Å²) >= 11 is 0. The first-order valence-corrected chi connectivity index (χ1v) is 4.92. The van der Waals surface area contributed by atoms with Gasteiger partial charge in [0.25, 0.3) is 0 Å². The zero-order valence-corrected chi connectivity index (χ0v) is 8.52. The normalized spacial score (nSPS) is 33.8. The van der Waals surface area contributed by atoms with Crippen LogP contribution in [0.25, 0.3) is 0 Å². The van der Waals surface area contributed by atoms with Crippen molar-refractivity contribution in [3.05, 3.63) is 0 Å². The fourth-order valence-corrected chi connectivity index (χ4v) is 1.78. The van der Waals surface area contributed by atoms with E-state index < -0.39 is 0 Å². The molecular weight excluding hydrogens is 150 g/mol. The zero-order valence-electron chi connectivity index (χ0n) is 8.52. The first-order chi connectivity index (χ1) is 5.73. The molecule has 1 aliphatic carbocycles. The van der Waals surface area contributed by atoms with Crippen molar-refractivity contribution in [1.29, 1.82) is 0 Å². The molecule has 2 heteroatoms. The van der Waals surface area contributed by atoms with Crippen LogP contribution in [-0.2, 0) is 4.74 Å². The molecule has 0 aromatic heterocycles. The highest BCUT2D eigenvalue weighted by molar-refractivity contribution is 4.99. The predicted octanol–water partition coefficient (Wildman–Crippen LogP) is 1.66. The average Bonchev–Trinajstić information content (AvgIpc) is 2.71. The van der Waals surface area contributed by atoms with Crippen molar-refractivity contribution < 1.29 is 4.74 Å². The molecule has 1 saturated carbocycles. The van der Waals surface area contributed by atoms with Gasteiger partial charge in [-0.15, -0.1) is 0 Å². The monoisotopic (exact) mass is 171 g/mol. The maximum absolute atomic E-state index is 5.09. The molecular formula is C10H21NO. The van der Waals surface area contributed by atoms with Gasteiger partial charge in [0.05, 0.1) is 0 Å². The first-order valence-electron chi connectivity index (χ1n) is 4.92. The Kier molecular flexibility index (Phi) is 3.53. The molecule has 0 amide bonds. The van der Waals surface area contributed by atoms with Gasteiger partial charge in [0.15, 0.2) is 0 Å². The topological polar surface area (TPSA) is 21.3 Å². The minimum absolute atomic E-state index is 0.582. The van der Waals surface area contributed by atoms with Crippen LogP contribution in [0.2, 0.25) is 0 Å². The van der Waals surface area contributed by atoms with E-state index >= 15 is 0 Å². The number of nitrogens with one attached hydrogen (secondary N) is 1. The summed E-state index contributed by atoms with van der Waals surface area (Å²) in [6.45, 7) is 7.73. The van der Waals surface area contributed by atoms with Gasteiger partial charge in [-0.3, -0.25) is 0 Å². The molecule has 72 valence electrons. The second kappa shape index (κ2) is 4.24. The Bertz CT molecular complexity index is 138. The minimum atomic E-state index is 0.582. The third-order valence-electron chi connectivity index (χ3n) is 3.06. The first kappa shape index (κ1) is 10.0. The van der Waals surface area contributed by atoms with E-state index in [0.29, 0.717) is 5.41 Å². The summed E-state index contributed by atoms with van der Waals surface area (Å²) in [4.78, 5) is 0. The third kappa shape index (κ3) is 2.46. The number of hydrogen-bond donors (Lipinski definition) is 1. The molecule has 0 aromatic carbocycles. The Hall–Kier alpha value is -0.0800. The Morgan fingerprint density at radius 3 is 2.92 bits per heavy atom. The van der Waals surface area contributed by atoms with Crippen molar-refractivity contribution in [2.45, 2.75) is 26.7 Å². The van der Waals surface area contributed by atoms with Crippen LogP contribution in [0, 0.1) is 11.3 Å². The van der Waals surface area contributed by atoms with Crippen molar-refractivity contribution in [3.8, 4) is 0 Å². The highest BCUT2D eigenvalue weighted by Gasteiger charge is 2.48. The highest BCUT2D eigenvalue weighted by atomic mass is 16.5. The Labute approximate surface area is 75.7 Å². The van der Waals surface area contributed by atoms with Crippen LogP contribution in [0.1, 0.15) is 26.7 Å². The second-order valence-electron chi connectivity index (χ2n) is 4.11. The minimum Gasteiger partial charge on any atom is -0.385 e. The maximum Gasteiger partial charge on any atom is 0.0467 e. The SMILES string of the molecule is CCNCC1CC1(C)CCOC. The fourth-order valence-electron chi connectivity index (χ4n) is 1.78. The molecule has 0 aliphatic heterocycles. The van der Waals surface area contributed by atoms with Gasteiger partial charge < -0.3 is 10.1 Å². The quantitative estimate of drug-likeness (QED) is 0.656. The summed E-state index contributed by atoms with van der Waals surface area (Å²) in [6, 6.07) is 0. The zero-order chi connectivity index (χ0) is 9.03. The molecule has 2 nitrogen and oxygen atoms in total. The molecule has 2 atom stereocenters. The van der Waals surface area contributed by atoms with Gasteiger partial charge in [-0.1, -0.05) is 13.8 Å². The van der Waals surface area contributed by atoms with E-state index in [1.165, 1.54) is 19.4 Å². The summed E-state index contributed by atoms with van der Waals surface area (Å²) in [7, 11) is 1.78. The van der Waals surface area contributed by atoms with Crippen molar-refractivity contribution in [3.63, 3.8) is 0 Å². The Morgan fingerprint density at radius 1 is 1.58 bits per heavy atom. The molecule has 1 fully saturated rings. The van der Waals surface area contributed by atoms with Gasteiger partial charge in [0.1, 0.15) is 0 Å². The lowest BCUT2D eigenvalue weighted by atomic mass is 10.0. The molecule has 1 rings (SSSR count). The van der Waals surface area contributed by atoms with Crippen molar-refractivity contribution >= 4 is 0 Å². The Morgan fingerprint density at radius 2 is 2.33 bits per heavy atom. The molecule has 0 radical (unpaired) electrons. The van der Waals surface area contributed by atoms with Crippen LogP contribution in [0.5, 0.6) is 0 Å². The van der Waals surface area contributed by atoms with Gasteiger partial charge in [-0.05, 0) is 37.3 Å². The van der Waals surface area contributed by atoms with Crippen molar-refractivity contribution in [1.82, 2.24) is 5.32 Å². The fraction of sp³-hybridized carbons (Fsp3) is 1.00. The molecule has 12 heavy (non-hydrogen) atoms. The summed E-state index contributed by atoms with van der Waals surface area (Å²) in [5, 5.41) is 3.40.